The second kappa shape index (κ2) is 7.89. The van der Waals surface area contributed by atoms with Gasteiger partial charge in [0.25, 0.3) is 0 Å². The lowest BCUT2D eigenvalue weighted by molar-refractivity contribution is 0.241. The van der Waals surface area contributed by atoms with E-state index >= 15 is 0 Å². The second-order valence-corrected chi connectivity index (χ2v) is 6.12. The molecule has 0 saturated heterocycles. The summed E-state index contributed by atoms with van der Waals surface area (Å²) in [5, 5.41) is 19.8. The summed E-state index contributed by atoms with van der Waals surface area (Å²) < 4.78 is 10.7. The monoisotopic (exact) mass is 352 g/mol. The van der Waals surface area contributed by atoms with Gasteiger partial charge in [-0.05, 0) is 35.7 Å². The van der Waals surface area contributed by atoms with Crippen molar-refractivity contribution in [2.24, 2.45) is 0 Å². The predicted molar refractivity (Wildman–Crippen MR) is 96.6 cm³/mol. The Morgan fingerprint density at radius 1 is 1.23 bits per heavy atom. The minimum absolute atomic E-state index is 0.122. The highest BCUT2D eigenvalue weighted by Crippen LogP contribution is 2.27. The van der Waals surface area contributed by atoms with Crippen LogP contribution < -0.4 is 5.63 Å². The minimum atomic E-state index is -0.464. The molecule has 0 aliphatic rings. The van der Waals surface area contributed by atoms with E-state index in [0.29, 0.717) is 38.1 Å². The molecule has 0 bridgehead atoms. The molecule has 1 aromatic carbocycles. The maximum absolute atomic E-state index is 11.9. The summed E-state index contributed by atoms with van der Waals surface area (Å²) in [5.74, 6) is 0.916. The third-order valence-corrected chi connectivity index (χ3v) is 4.30. The first-order valence-electron chi connectivity index (χ1n) is 8.51. The molecule has 0 atom stereocenters. The number of benzene rings is 1. The van der Waals surface area contributed by atoms with Crippen molar-refractivity contribution in [1.29, 1.82) is 5.26 Å². The highest BCUT2D eigenvalue weighted by molar-refractivity contribution is 5.82. The highest BCUT2D eigenvalue weighted by Gasteiger charge is 2.14. The number of aryl methyl sites for hydroxylation is 1. The molecule has 0 unspecified atom stereocenters. The molecular weight excluding hydrogens is 332 g/mol. The largest absolute Gasteiger partial charge is 0.508 e. The summed E-state index contributed by atoms with van der Waals surface area (Å²) in [6, 6.07) is 10.7. The number of aromatic hydroxyl groups is 1. The normalized spacial score (nSPS) is 11.1. The summed E-state index contributed by atoms with van der Waals surface area (Å²) in [4.78, 5) is 14.0. The van der Waals surface area contributed by atoms with Crippen LogP contribution >= 0.6 is 0 Å². The van der Waals surface area contributed by atoms with Crippen molar-refractivity contribution in [2.45, 2.75) is 32.9 Å². The van der Waals surface area contributed by atoms with Gasteiger partial charge in [0.15, 0.2) is 0 Å². The van der Waals surface area contributed by atoms with Crippen LogP contribution in [0.5, 0.6) is 5.75 Å². The third-order valence-electron chi connectivity index (χ3n) is 4.30. The number of hydrogen-bond acceptors (Lipinski definition) is 6. The predicted octanol–water partition coefficient (Wildman–Crippen LogP) is 3.57. The van der Waals surface area contributed by atoms with E-state index in [1.165, 1.54) is 12.1 Å². The van der Waals surface area contributed by atoms with Crippen molar-refractivity contribution < 1.29 is 13.9 Å². The number of furan rings is 1. The van der Waals surface area contributed by atoms with Crippen molar-refractivity contribution >= 4 is 11.0 Å². The maximum atomic E-state index is 11.9. The van der Waals surface area contributed by atoms with Crippen LogP contribution in [0, 0.1) is 11.3 Å². The lowest BCUT2D eigenvalue weighted by atomic mass is 10.0. The summed E-state index contributed by atoms with van der Waals surface area (Å²) in [6.07, 6.45) is 2.66. The fraction of sp³-hybridized carbons (Fsp3) is 0.300. The van der Waals surface area contributed by atoms with Crippen LogP contribution in [0.4, 0.5) is 0 Å². The summed E-state index contributed by atoms with van der Waals surface area (Å²) in [7, 11) is 0. The minimum Gasteiger partial charge on any atom is -0.508 e. The van der Waals surface area contributed by atoms with Crippen molar-refractivity contribution in [3.8, 4) is 11.8 Å². The molecule has 0 aliphatic carbocycles. The Morgan fingerprint density at radius 2 is 2.08 bits per heavy atom. The Labute approximate surface area is 150 Å². The van der Waals surface area contributed by atoms with E-state index in [0.717, 1.165) is 22.3 Å². The first-order chi connectivity index (χ1) is 12.6. The zero-order valence-corrected chi connectivity index (χ0v) is 14.6. The zero-order valence-electron chi connectivity index (χ0n) is 14.6. The van der Waals surface area contributed by atoms with Crippen LogP contribution in [-0.4, -0.2) is 16.6 Å². The van der Waals surface area contributed by atoms with E-state index in [1.807, 2.05) is 25.1 Å². The zero-order chi connectivity index (χ0) is 18.5. The second-order valence-electron chi connectivity index (χ2n) is 6.12. The summed E-state index contributed by atoms with van der Waals surface area (Å²) in [6.45, 7) is 3.51. The molecule has 26 heavy (non-hydrogen) atoms. The van der Waals surface area contributed by atoms with Crippen LogP contribution in [0.15, 0.2) is 50.2 Å². The van der Waals surface area contributed by atoms with Crippen molar-refractivity contribution in [2.75, 3.05) is 6.54 Å². The van der Waals surface area contributed by atoms with Gasteiger partial charge >= 0.3 is 5.63 Å². The van der Waals surface area contributed by atoms with Crippen molar-refractivity contribution in [3.63, 3.8) is 0 Å². The van der Waals surface area contributed by atoms with Crippen molar-refractivity contribution in [3.05, 3.63) is 63.9 Å². The van der Waals surface area contributed by atoms with Gasteiger partial charge in [-0.3, -0.25) is 4.90 Å². The Kier molecular flexibility index (Phi) is 5.40. The Hall–Kier alpha value is -3.04. The number of phenols is 1. The molecule has 0 spiro atoms. The highest BCUT2D eigenvalue weighted by atomic mass is 16.4. The van der Waals surface area contributed by atoms with Gasteiger partial charge in [0, 0.05) is 37.0 Å². The Morgan fingerprint density at radius 3 is 2.77 bits per heavy atom. The van der Waals surface area contributed by atoms with Crippen LogP contribution in [0.25, 0.3) is 11.0 Å². The SMILES string of the molecule is CCc1cc2c(CN(CCC#N)Cc3ccco3)cc(=O)oc2cc1O. The van der Waals surface area contributed by atoms with Gasteiger partial charge in [-0.25, -0.2) is 4.79 Å². The molecule has 0 fully saturated rings. The molecule has 3 rings (SSSR count). The number of hydrogen-bond donors (Lipinski definition) is 1. The van der Waals surface area contributed by atoms with Gasteiger partial charge in [-0.1, -0.05) is 6.92 Å². The first-order valence-corrected chi connectivity index (χ1v) is 8.51. The Balaban J connectivity index is 1.98. The summed E-state index contributed by atoms with van der Waals surface area (Å²) >= 11 is 0. The molecule has 0 aliphatic heterocycles. The van der Waals surface area contributed by atoms with Gasteiger partial charge in [0.1, 0.15) is 17.1 Å². The fourth-order valence-electron chi connectivity index (χ4n) is 3.01. The molecule has 134 valence electrons. The topological polar surface area (TPSA) is 90.6 Å². The average Bonchev–Trinajstić information content (AvgIpc) is 3.12. The molecule has 0 saturated carbocycles. The number of fused-ring (bicyclic) bond motifs is 1. The smallest absolute Gasteiger partial charge is 0.336 e. The molecule has 6 heteroatoms. The van der Waals surface area contributed by atoms with Gasteiger partial charge < -0.3 is 13.9 Å². The molecule has 2 heterocycles. The third kappa shape index (κ3) is 3.95. The van der Waals surface area contributed by atoms with Crippen LogP contribution in [0.1, 0.15) is 30.2 Å². The van der Waals surface area contributed by atoms with Crippen LogP contribution in [0.2, 0.25) is 0 Å². The fourth-order valence-corrected chi connectivity index (χ4v) is 3.01. The van der Waals surface area contributed by atoms with Gasteiger partial charge in [-0.2, -0.15) is 5.26 Å². The quantitative estimate of drug-likeness (QED) is 0.654. The molecule has 0 radical (unpaired) electrons. The number of nitriles is 1. The molecule has 6 nitrogen and oxygen atoms in total. The van der Waals surface area contributed by atoms with Crippen molar-refractivity contribution in [1.82, 2.24) is 4.90 Å². The van der Waals surface area contributed by atoms with Crippen LogP contribution in [-0.2, 0) is 19.5 Å². The lowest BCUT2D eigenvalue weighted by Gasteiger charge is -2.21. The maximum Gasteiger partial charge on any atom is 0.336 e. The van der Waals surface area contributed by atoms with E-state index in [2.05, 4.69) is 11.0 Å². The van der Waals surface area contributed by atoms with Gasteiger partial charge in [0.05, 0.1) is 18.9 Å². The molecular formula is C20H20N2O4. The number of rotatable bonds is 7. The van der Waals surface area contributed by atoms with E-state index in [9.17, 15) is 9.90 Å². The molecule has 0 amide bonds. The Bertz CT molecular complexity index is 983. The first kappa shape index (κ1) is 17.8. The lowest BCUT2D eigenvalue weighted by Crippen LogP contribution is -2.24. The van der Waals surface area contributed by atoms with Gasteiger partial charge in [0.2, 0.25) is 0 Å². The van der Waals surface area contributed by atoms with E-state index < -0.39 is 5.63 Å². The average molecular weight is 352 g/mol. The molecule has 3 aromatic rings. The van der Waals surface area contributed by atoms with E-state index in [4.69, 9.17) is 14.1 Å². The molecule has 1 N–H and O–H groups in total. The van der Waals surface area contributed by atoms with Crippen LogP contribution in [0.3, 0.4) is 0 Å². The number of phenolic OH excluding ortho intramolecular Hbond substituents is 1. The number of nitrogens with zero attached hydrogens (tertiary/aromatic N) is 2. The molecule has 2 aromatic heterocycles. The summed E-state index contributed by atoms with van der Waals surface area (Å²) in [5.41, 5.74) is 1.49. The van der Waals surface area contributed by atoms with E-state index in [-0.39, 0.29) is 5.75 Å². The van der Waals surface area contributed by atoms with Gasteiger partial charge in [-0.15, -0.1) is 0 Å². The van der Waals surface area contributed by atoms with E-state index in [1.54, 1.807) is 6.26 Å². The standard InChI is InChI=1S/C20H20N2O4/c1-2-14-9-17-15(10-20(24)26-19(17)11-18(14)23)12-22(7-4-6-21)13-16-5-3-8-25-16/h3,5,8-11,23H,2,4,7,12-13H2,1H3.